The minimum atomic E-state index is 0.326. The van der Waals surface area contributed by atoms with Gasteiger partial charge in [-0.1, -0.05) is 6.92 Å². The molecule has 0 spiro atoms. The van der Waals surface area contributed by atoms with E-state index in [1.807, 2.05) is 6.07 Å². The largest absolute Gasteiger partial charge is 0.508 e. The monoisotopic (exact) mass is 278 g/mol. The van der Waals surface area contributed by atoms with E-state index < -0.39 is 0 Å². The van der Waals surface area contributed by atoms with Crippen LogP contribution in [0.25, 0.3) is 0 Å². The van der Waals surface area contributed by atoms with Gasteiger partial charge >= 0.3 is 0 Å². The summed E-state index contributed by atoms with van der Waals surface area (Å²) in [6.07, 6.45) is 2.45. The maximum absolute atomic E-state index is 9.86. The molecule has 20 heavy (non-hydrogen) atoms. The number of aromatic hydroxyl groups is 1. The highest BCUT2D eigenvalue weighted by molar-refractivity contribution is 5.39. The molecule has 1 aliphatic heterocycles. The SMILES string of the molecule is COc1ccc(O)c(CNCC2(C)CCN(C)CC2)c1. The second-order valence-electron chi connectivity index (χ2n) is 6.21. The number of benzene rings is 1. The fourth-order valence-corrected chi connectivity index (χ4v) is 2.66. The molecule has 0 saturated carbocycles. The van der Waals surface area contributed by atoms with Crippen LogP contribution in [-0.4, -0.2) is 43.8 Å². The van der Waals surface area contributed by atoms with Gasteiger partial charge in [0.15, 0.2) is 0 Å². The summed E-state index contributed by atoms with van der Waals surface area (Å²) in [6, 6.07) is 5.35. The molecule has 1 saturated heterocycles. The van der Waals surface area contributed by atoms with Crippen molar-refractivity contribution in [3.8, 4) is 11.5 Å². The molecule has 4 nitrogen and oxygen atoms in total. The third-order valence-electron chi connectivity index (χ3n) is 4.35. The summed E-state index contributed by atoms with van der Waals surface area (Å²) in [5.41, 5.74) is 1.25. The van der Waals surface area contributed by atoms with E-state index in [1.54, 1.807) is 19.2 Å². The third-order valence-corrected chi connectivity index (χ3v) is 4.35. The van der Waals surface area contributed by atoms with Gasteiger partial charge in [0.1, 0.15) is 11.5 Å². The van der Waals surface area contributed by atoms with Crippen LogP contribution in [0.15, 0.2) is 18.2 Å². The van der Waals surface area contributed by atoms with E-state index in [9.17, 15) is 5.11 Å². The highest BCUT2D eigenvalue weighted by Crippen LogP contribution is 2.30. The first-order valence-electron chi connectivity index (χ1n) is 7.28. The van der Waals surface area contributed by atoms with Crippen LogP contribution in [0.4, 0.5) is 0 Å². The second-order valence-corrected chi connectivity index (χ2v) is 6.21. The van der Waals surface area contributed by atoms with E-state index in [4.69, 9.17) is 4.74 Å². The average molecular weight is 278 g/mol. The number of phenolic OH excluding ortho intramolecular Hbond substituents is 1. The van der Waals surface area contributed by atoms with Gasteiger partial charge in [0.25, 0.3) is 0 Å². The number of piperidine rings is 1. The first kappa shape index (κ1) is 15.1. The van der Waals surface area contributed by atoms with Gasteiger partial charge in [0, 0.05) is 18.7 Å². The molecule has 4 heteroatoms. The van der Waals surface area contributed by atoms with Crippen LogP contribution in [0.3, 0.4) is 0 Å². The van der Waals surface area contributed by atoms with Crippen LogP contribution in [0, 0.1) is 5.41 Å². The van der Waals surface area contributed by atoms with E-state index in [2.05, 4.69) is 24.2 Å². The maximum atomic E-state index is 9.86. The van der Waals surface area contributed by atoms with Crippen molar-refractivity contribution in [3.63, 3.8) is 0 Å². The number of hydrogen-bond donors (Lipinski definition) is 2. The molecule has 0 aliphatic carbocycles. The van der Waals surface area contributed by atoms with Gasteiger partial charge in [-0.2, -0.15) is 0 Å². The van der Waals surface area contributed by atoms with Crippen LogP contribution in [0.5, 0.6) is 11.5 Å². The fraction of sp³-hybridized carbons (Fsp3) is 0.625. The molecule has 2 rings (SSSR count). The van der Waals surface area contributed by atoms with Gasteiger partial charge in [-0.25, -0.2) is 0 Å². The molecule has 112 valence electrons. The zero-order valence-corrected chi connectivity index (χ0v) is 12.8. The predicted octanol–water partition coefficient (Wildman–Crippen LogP) is 2.22. The summed E-state index contributed by atoms with van der Waals surface area (Å²) in [7, 11) is 3.82. The van der Waals surface area contributed by atoms with Crippen LogP contribution >= 0.6 is 0 Å². The molecular weight excluding hydrogens is 252 g/mol. The molecular formula is C16H26N2O2. The molecule has 0 radical (unpaired) electrons. The Balaban J connectivity index is 1.86. The molecule has 1 aromatic carbocycles. The Morgan fingerprint density at radius 1 is 1.35 bits per heavy atom. The number of nitrogens with zero attached hydrogens (tertiary/aromatic N) is 1. The molecule has 0 unspecified atom stereocenters. The number of rotatable bonds is 5. The molecule has 1 aromatic rings. The van der Waals surface area contributed by atoms with Gasteiger partial charge in [-0.15, -0.1) is 0 Å². The second kappa shape index (κ2) is 6.46. The minimum absolute atomic E-state index is 0.326. The third kappa shape index (κ3) is 3.87. The van der Waals surface area contributed by atoms with Gasteiger partial charge in [0.05, 0.1) is 7.11 Å². The molecule has 1 aliphatic rings. The Morgan fingerprint density at radius 2 is 2.05 bits per heavy atom. The zero-order chi connectivity index (χ0) is 14.6. The summed E-state index contributed by atoms with van der Waals surface area (Å²) in [5, 5.41) is 13.3. The molecule has 0 atom stereocenters. The molecule has 1 heterocycles. The fourth-order valence-electron chi connectivity index (χ4n) is 2.66. The van der Waals surface area contributed by atoms with Crippen molar-refractivity contribution < 1.29 is 9.84 Å². The van der Waals surface area contributed by atoms with Crippen molar-refractivity contribution in [1.82, 2.24) is 10.2 Å². The van der Waals surface area contributed by atoms with Crippen LogP contribution < -0.4 is 10.1 Å². The quantitative estimate of drug-likeness (QED) is 0.867. The topological polar surface area (TPSA) is 44.7 Å². The van der Waals surface area contributed by atoms with Crippen molar-refractivity contribution >= 4 is 0 Å². The molecule has 0 amide bonds. The van der Waals surface area contributed by atoms with E-state index in [0.717, 1.165) is 17.9 Å². The summed E-state index contributed by atoms with van der Waals surface area (Å²) in [5.74, 6) is 1.11. The summed E-state index contributed by atoms with van der Waals surface area (Å²) < 4.78 is 5.19. The average Bonchev–Trinajstić information content (AvgIpc) is 2.44. The molecule has 1 fully saturated rings. The minimum Gasteiger partial charge on any atom is -0.508 e. The van der Waals surface area contributed by atoms with Crippen molar-refractivity contribution in [1.29, 1.82) is 0 Å². The van der Waals surface area contributed by atoms with E-state index in [-0.39, 0.29) is 0 Å². The standard InChI is InChI=1S/C16H26N2O2/c1-16(6-8-18(2)9-7-16)12-17-11-13-10-14(20-3)4-5-15(13)19/h4-5,10,17,19H,6-9,11-12H2,1-3H3. The van der Waals surface area contributed by atoms with Crippen molar-refractivity contribution in [2.24, 2.45) is 5.41 Å². The smallest absolute Gasteiger partial charge is 0.120 e. The summed E-state index contributed by atoms with van der Waals surface area (Å²) in [6.45, 7) is 6.34. The molecule has 0 aromatic heterocycles. The lowest BCUT2D eigenvalue weighted by Crippen LogP contribution is -2.41. The Morgan fingerprint density at radius 3 is 2.70 bits per heavy atom. The number of methoxy groups -OCH3 is 1. The zero-order valence-electron chi connectivity index (χ0n) is 12.8. The Kier molecular flexibility index (Phi) is 4.89. The Labute approximate surface area is 121 Å². The Bertz CT molecular complexity index is 440. The van der Waals surface area contributed by atoms with Crippen LogP contribution in [0.1, 0.15) is 25.3 Å². The highest BCUT2D eigenvalue weighted by atomic mass is 16.5. The lowest BCUT2D eigenvalue weighted by Gasteiger charge is -2.38. The first-order valence-corrected chi connectivity index (χ1v) is 7.28. The maximum Gasteiger partial charge on any atom is 0.120 e. The number of likely N-dealkylation sites (tertiary alicyclic amines) is 1. The Hall–Kier alpha value is -1.26. The highest BCUT2D eigenvalue weighted by Gasteiger charge is 2.28. The normalized spacial score (nSPS) is 18.9. The number of hydrogen-bond acceptors (Lipinski definition) is 4. The van der Waals surface area contributed by atoms with Gasteiger partial charge in [-0.05, 0) is 56.6 Å². The first-order chi connectivity index (χ1) is 9.52. The van der Waals surface area contributed by atoms with Gasteiger partial charge < -0.3 is 20.1 Å². The summed E-state index contributed by atoms with van der Waals surface area (Å²) >= 11 is 0. The predicted molar refractivity (Wildman–Crippen MR) is 81.2 cm³/mol. The van der Waals surface area contributed by atoms with E-state index in [1.165, 1.54) is 25.9 Å². The van der Waals surface area contributed by atoms with Gasteiger partial charge in [-0.3, -0.25) is 0 Å². The number of nitrogens with one attached hydrogen (secondary N) is 1. The molecule has 2 N–H and O–H groups in total. The van der Waals surface area contributed by atoms with Crippen molar-refractivity contribution in [3.05, 3.63) is 23.8 Å². The van der Waals surface area contributed by atoms with Gasteiger partial charge in [0.2, 0.25) is 0 Å². The number of phenols is 1. The van der Waals surface area contributed by atoms with E-state index >= 15 is 0 Å². The van der Waals surface area contributed by atoms with Crippen LogP contribution in [-0.2, 0) is 6.54 Å². The van der Waals surface area contributed by atoms with Crippen molar-refractivity contribution in [2.45, 2.75) is 26.3 Å². The van der Waals surface area contributed by atoms with Crippen LogP contribution in [0.2, 0.25) is 0 Å². The molecule has 0 bridgehead atoms. The van der Waals surface area contributed by atoms with E-state index in [0.29, 0.717) is 17.7 Å². The number of ether oxygens (including phenoxy) is 1. The lowest BCUT2D eigenvalue weighted by molar-refractivity contribution is 0.136. The van der Waals surface area contributed by atoms with Crippen molar-refractivity contribution in [2.75, 3.05) is 33.8 Å². The summed E-state index contributed by atoms with van der Waals surface area (Å²) in [4.78, 5) is 2.38. The lowest BCUT2D eigenvalue weighted by atomic mass is 9.80.